The van der Waals surface area contributed by atoms with Gasteiger partial charge in [-0.05, 0) is 20.8 Å². The molecule has 0 saturated carbocycles. The van der Waals surface area contributed by atoms with Crippen molar-refractivity contribution in [1.82, 2.24) is 25.8 Å². The Morgan fingerprint density at radius 1 is 1.56 bits per heavy atom. The molecule has 0 saturated heterocycles. The Labute approximate surface area is 94.1 Å². The lowest BCUT2D eigenvalue weighted by atomic mass is 10.2. The van der Waals surface area contributed by atoms with Crippen LogP contribution in [0.15, 0.2) is 6.20 Å². The lowest BCUT2D eigenvalue weighted by molar-refractivity contribution is 0.0497. The van der Waals surface area contributed by atoms with Gasteiger partial charge in [0, 0.05) is 13.2 Å². The van der Waals surface area contributed by atoms with Crippen LogP contribution < -0.4 is 10.9 Å². The number of hydrogen-bond acceptors (Lipinski definition) is 5. The third-order valence-corrected chi connectivity index (χ3v) is 1.51. The van der Waals surface area contributed by atoms with Crippen LogP contribution in [-0.4, -0.2) is 26.7 Å². The molecule has 1 amide bonds. The SMILES string of the molecule is Cn1cc(CNNC(=O)OC(C)(C)C)nn1. The fourth-order valence-electron chi connectivity index (χ4n) is 0.987. The summed E-state index contributed by atoms with van der Waals surface area (Å²) in [6.45, 7) is 5.80. The second-order valence-electron chi connectivity index (χ2n) is 4.36. The molecule has 2 N–H and O–H groups in total. The standard InChI is InChI=1S/C9H17N5O2/c1-9(2,3)16-8(15)12-10-5-7-6-14(4)13-11-7/h6,10H,5H2,1-4H3,(H,12,15). The number of rotatable bonds is 3. The molecular formula is C9H17N5O2. The van der Waals surface area contributed by atoms with E-state index in [1.165, 1.54) is 0 Å². The minimum atomic E-state index is -0.517. The Morgan fingerprint density at radius 3 is 2.75 bits per heavy atom. The number of carbonyl (C=O) groups is 1. The molecule has 90 valence electrons. The van der Waals surface area contributed by atoms with E-state index in [4.69, 9.17) is 4.74 Å². The van der Waals surface area contributed by atoms with Crippen LogP contribution in [0.3, 0.4) is 0 Å². The van der Waals surface area contributed by atoms with Crippen molar-refractivity contribution >= 4 is 6.09 Å². The number of amides is 1. The molecule has 0 aromatic carbocycles. The molecule has 7 nitrogen and oxygen atoms in total. The largest absolute Gasteiger partial charge is 0.443 e. The number of hydrazine groups is 1. The zero-order valence-electron chi connectivity index (χ0n) is 9.94. The van der Waals surface area contributed by atoms with Gasteiger partial charge in [0.1, 0.15) is 5.60 Å². The van der Waals surface area contributed by atoms with Gasteiger partial charge in [-0.3, -0.25) is 10.1 Å². The van der Waals surface area contributed by atoms with Crippen molar-refractivity contribution in [1.29, 1.82) is 0 Å². The van der Waals surface area contributed by atoms with Crippen LogP contribution in [0.4, 0.5) is 4.79 Å². The van der Waals surface area contributed by atoms with E-state index in [0.29, 0.717) is 6.54 Å². The summed E-state index contributed by atoms with van der Waals surface area (Å²) in [5.41, 5.74) is 5.34. The van der Waals surface area contributed by atoms with Crippen molar-refractivity contribution in [2.45, 2.75) is 32.9 Å². The summed E-state index contributed by atoms with van der Waals surface area (Å²) >= 11 is 0. The van der Waals surface area contributed by atoms with Crippen LogP contribution in [0.5, 0.6) is 0 Å². The molecule has 0 spiro atoms. The highest BCUT2D eigenvalue weighted by atomic mass is 16.6. The first kappa shape index (κ1) is 12.4. The van der Waals surface area contributed by atoms with Crippen molar-refractivity contribution in [3.63, 3.8) is 0 Å². The molecule has 0 bridgehead atoms. The van der Waals surface area contributed by atoms with Gasteiger partial charge in [0.2, 0.25) is 0 Å². The average molecular weight is 227 g/mol. The summed E-state index contributed by atoms with van der Waals surface area (Å²) in [5, 5.41) is 7.60. The van der Waals surface area contributed by atoms with Crippen LogP contribution in [0.2, 0.25) is 0 Å². The van der Waals surface area contributed by atoms with Crippen LogP contribution in [0, 0.1) is 0 Å². The molecule has 0 aliphatic carbocycles. The van der Waals surface area contributed by atoms with Crippen molar-refractivity contribution in [2.75, 3.05) is 0 Å². The van der Waals surface area contributed by atoms with Gasteiger partial charge < -0.3 is 4.74 Å². The van der Waals surface area contributed by atoms with Crippen molar-refractivity contribution in [3.05, 3.63) is 11.9 Å². The zero-order valence-corrected chi connectivity index (χ0v) is 9.94. The van der Waals surface area contributed by atoms with Gasteiger partial charge in [-0.1, -0.05) is 5.21 Å². The fraction of sp³-hybridized carbons (Fsp3) is 0.667. The monoisotopic (exact) mass is 227 g/mol. The van der Waals surface area contributed by atoms with Gasteiger partial charge in [0.05, 0.1) is 12.2 Å². The van der Waals surface area contributed by atoms with E-state index in [1.807, 2.05) is 0 Å². The minimum Gasteiger partial charge on any atom is -0.443 e. The highest BCUT2D eigenvalue weighted by molar-refractivity contribution is 5.66. The maximum Gasteiger partial charge on any atom is 0.422 e. The smallest absolute Gasteiger partial charge is 0.422 e. The molecule has 7 heteroatoms. The molecule has 1 aromatic rings. The molecule has 0 aliphatic rings. The van der Waals surface area contributed by atoms with Gasteiger partial charge in [-0.15, -0.1) is 5.10 Å². The Balaban J connectivity index is 2.23. The van der Waals surface area contributed by atoms with E-state index in [2.05, 4.69) is 21.2 Å². The van der Waals surface area contributed by atoms with E-state index in [9.17, 15) is 4.79 Å². The van der Waals surface area contributed by atoms with Gasteiger partial charge in [0.15, 0.2) is 0 Å². The molecule has 16 heavy (non-hydrogen) atoms. The normalized spacial score (nSPS) is 11.2. The van der Waals surface area contributed by atoms with Crippen molar-refractivity contribution in [2.24, 2.45) is 7.05 Å². The Bertz CT molecular complexity index is 355. The summed E-state index contributed by atoms with van der Waals surface area (Å²) < 4.78 is 6.61. The number of carbonyl (C=O) groups excluding carboxylic acids is 1. The molecule has 1 aromatic heterocycles. The van der Waals surface area contributed by atoms with Gasteiger partial charge in [0.25, 0.3) is 0 Å². The molecule has 0 unspecified atom stereocenters. The molecule has 0 aliphatic heterocycles. The first-order chi connectivity index (χ1) is 7.37. The maximum atomic E-state index is 11.2. The Hall–Kier alpha value is -1.63. The fourth-order valence-corrected chi connectivity index (χ4v) is 0.987. The summed E-state index contributed by atoms with van der Waals surface area (Å²) in [5.74, 6) is 0. The lowest BCUT2D eigenvalue weighted by Crippen LogP contribution is -2.40. The topological polar surface area (TPSA) is 81.1 Å². The van der Waals surface area contributed by atoms with Crippen molar-refractivity contribution in [3.8, 4) is 0 Å². The van der Waals surface area contributed by atoms with E-state index < -0.39 is 11.7 Å². The van der Waals surface area contributed by atoms with E-state index >= 15 is 0 Å². The number of ether oxygens (including phenoxy) is 1. The summed E-state index contributed by atoms with van der Waals surface area (Å²) in [6, 6.07) is 0. The van der Waals surface area contributed by atoms with E-state index in [1.54, 1.807) is 38.7 Å². The third kappa shape index (κ3) is 4.74. The quantitative estimate of drug-likeness (QED) is 0.728. The zero-order chi connectivity index (χ0) is 12.2. The minimum absolute atomic E-state index is 0.396. The predicted molar refractivity (Wildman–Crippen MR) is 57.2 cm³/mol. The number of nitrogens with one attached hydrogen (secondary N) is 2. The molecule has 1 rings (SSSR count). The molecule has 0 radical (unpaired) electrons. The summed E-state index contributed by atoms with van der Waals surface area (Å²) in [7, 11) is 1.78. The molecular weight excluding hydrogens is 210 g/mol. The average Bonchev–Trinajstić information content (AvgIpc) is 2.48. The lowest BCUT2D eigenvalue weighted by Gasteiger charge is -2.19. The van der Waals surface area contributed by atoms with Gasteiger partial charge in [-0.25, -0.2) is 10.2 Å². The number of hydrogen-bond donors (Lipinski definition) is 2. The number of aryl methyl sites for hydroxylation is 1. The summed E-state index contributed by atoms with van der Waals surface area (Å²) in [4.78, 5) is 11.2. The first-order valence-corrected chi connectivity index (χ1v) is 4.94. The number of aromatic nitrogens is 3. The Kier molecular flexibility index (Phi) is 3.83. The molecule has 0 fully saturated rings. The number of nitrogens with zero attached hydrogens (tertiary/aromatic N) is 3. The highest BCUT2D eigenvalue weighted by Gasteiger charge is 2.15. The maximum absolute atomic E-state index is 11.2. The van der Waals surface area contributed by atoms with E-state index in [-0.39, 0.29) is 0 Å². The van der Waals surface area contributed by atoms with Gasteiger partial charge >= 0.3 is 6.09 Å². The van der Waals surface area contributed by atoms with Crippen LogP contribution in [0.1, 0.15) is 26.5 Å². The highest BCUT2D eigenvalue weighted by Crippen LogP contribution is 2.05. The van der Waals surface area contributed by atoms with Crippen LogP contribution in [0.25, 0.3) is 0 Å². The predicted octanol–water partition coefficient (Wildman–Crippen LogP) is 0.344. The first-order valence-electron chi connectivity index (χ1n) is 4.94. The second kappa shape index (κ2) is 4.93. The molecule has 1 heterocycles. The Morgan fingerprint density at radius 2 is 2.25 bits per heavy atom. The van der Waals surface area contributed by atoms with Crippen LogP contribution in [-0.2, 0) is 18.3 Å². The molecule has 0 atom stereocenters. The van der Waals surface area contributed by atoms with Crippen molar-refractivity contribution < 1.29 is 9.53 Å². The second-order valence-corrected chi connectivity index (χ2v) is 4.36. The van der Waals surface area contributed by atoms with Crippen LogP contribution >= 0.6 is 0 Å². The summed E-state index contributed by atoms with van der Waals surface area (Å²) in [6.07, 6.45) is 1.24. The van der Waals surface area contributed by atoms with E-state index in [0.717, 1.165) is 5.69 Å². The third-order valence-electron chi connectivity index (χ3n) is 1.51. The van der Waals surface area contributed by atoms with Gasteiger partial charge in [-0.2, -0.15) is 0 Å².